The van der Waals surface area contributed by atoms with Gasteiger partial charge in [-0.1, -0.05) is 31.0 Å². The second-order valence-electron chi connectivity index (χ2n) is 6.95. The lowest BCUT2D eigenvalue weighted by Gasteiger charge is -2.11. The van der Waals surface area contributed by atoms with Gasteiger partial charge in [0.05, 0.1) is 30.9 Å². The first-order valence-corrected chi connectivity index (χ1v) is 10.2. The number of methoxy groups -OCH3 is 2. The monoisotopic (exact) mass is 426 g/mol. The van der Waals surface area contributed by atoms with Crippen molar-refractivity contribution in [1.29, 1.82) is 0 Å². The lowest BCUT2D eigenvalue weighted by atomic mass is 10.1. The van der Waals surface area contributed by atoms with Gasteiger partial charge in [0.1, 0.15) is 11.2 Å². The average molecular weight is 427 g/mol. The van der Waals surface area contributed by atoms with Gasteiger partial charge in [-0.05, 0) is 30.7 Å². The zero-order valence-electron chi connectivity index (χ0n) is 17.1. The van der Waals surface area contributed by atoms with Crippen molar-refractivity contribution < 1.29 is 9.47 Å². The number of anilines is 1. The Morgan fingerprint density at radius 1 is 1.17 bits per heavy atom. The van der Waals surface area contributed by atoms with E-state index >= 15 is 0 Å². The lowest BCUT2D eigenvalue weighted by molar-refractivity contribution is 0.356. The van der Waals surface area contributed by atoms with Gasteiger partial charge in [0, 0.05) is 23.0 Å². The molecule has 4 aromatic rings. The predicted octanol–water partition coefficient (Wildman–Crippen LogP) is 4.75. The van der Waals surface area contributed by atoms with Crippen molar-refractivity contribution in [2.24, 2.45) is 0 Å². The quantitative estimate of drug-likeness (QED) is 0.417. The number of unbranched alkanes of at least 4 members (excludes halogenated alkanes) is 1. The Labute approximate surface area is 178 Å². The first kappa shape index (κ1) is 20.1. The van der Waals surface area contributed by atoms with Crippen LogP contribution >= 0.6 is 11.6 Å². The molecule has 0 aliphatic carbocycles. The summed E-state index contributed by atoms with van der Waals surface area (Å²) in [4.78, 5) is 18.1. The van der Waals surface area contributed by atoms with Crippen LogP contribution in [-0.4, -0.2) is 35.5 Å². The van der Waals surface area contributed by atoms with Crippen LogP contribution in [0.25, 0.3) is 27.5 Å². The molecule has 2 aromatic carbocycles. The van der Waals surface area contributed by atoms with Gasteiger partial charge < -0.3 is 14.8 Å². The number of halogens is 1. The molecule has 8 heteroatoms. The van der Waals surface area contributed by atoms with Gasteiger partial charge in [-0.25, -0.2) is 9.67 Å². The molecule has 0 radical (unpaired) electrons. The zero-order valence-corrected chi connectivity index (χ0v) is 17.8. The minimum Gasteiger partial charge on any atom is -0.493 e. The summed E-state index contributed by atoms with van der Waals surface area (Å²) in [5, 5.41) is 8.37. The van der Waals surface area contributed by atoms with Crippen LogP contribution in [0.3, 0.4) is 0 Å². The molecular weight excluding hydrogens is 404 g/mol. The molecule has 0 saturated carbocycles. The molecule has 0 fully saturated rings. The molecule has 4 rings (SSSR count). The number of H-pyrrole nitrogens is 1. The number of benzene rings is 2. The molecule has 0 unspecified atom stereocenters. The van der Waals surface area contributed by atoms with Crippen LogP contribution in [0, 0.1) is 0 Å². The van der Waals surface area contributed by atoms with E-state index in [1.54, 1.807) is 32.4 Å². The van der Waals surface area contributed by atoms with E-state index in [4.69, 9.17) is 26.1 Å². The van der Waals surface area contributed by atoms with Gasteiger partial charge in [-0.15, -0.1) is 0 Å². The molecular formula is C22H23ClN4O3. The van der Waals surface area contributed by atoms with Crippen molar-refractivity contribution in [1.82, 2.24) is 14.8 Å². The molecule has 2 N–H and O–H groups in total. The molecule has 0 aliphatic heterocycles. The van der Waals surface area contributed by atoms with E-state index in [0.717, 1.165) is 24.8 Å². The van der Waals surface area contributed by atoms with Crippen LogP contribution in [0.4, 0.5) is 5.82 Å². The van der Waals surface area contributed by atoms with Crippen LogP contribution in [0.1, 0.15) is 19.8 Å². The lowest BCUT2D eigenvalue weighted by Crippen LogP contribution is -2.15. The van der Waals surface area contributed by atoms with Crippen molar-refractivity contribution in [3.8, 4) is 17.2 Å². The Balaban J connectivity index is 2.04. The number of nitrogens with one attached hydrogen (secondary N) is 2. The number of hydrogen-bond donors (Lipinski definition) is 2. The van der Waals surface area contributed by atoms with Gasteiger partial charge in [-0.2, -0.15) is 0 Å². The third kappa shape index (κ3) is 3.45. The largest absolute Gasteiger partial charge is 0.493 e. The number of nitrogens with zero attached hydrogens (tertiary/aromatic N) is 2. The SMILES string of the molecule is CCCCNc1nc2cc(OC)c(OC)cc2c2[nH]n(-c3cccc(Cl)c3)c(=O)c12. The number of pyridine rings is 1. The molecule has 0 atom stereocenters. The zero-order chi connectivity index (χ0) is 21.3. The summed E-state index contributed by atoms with van der Waals surface area (Å²) in [6.45, 7) is 2.84. The summed E-state index contributed by atoms with van der Waals surface area (Å²) in [7, 11) is 3.16. The minimum atomic E-state index is -0.199. The number of rotatable bonds is 7. The smallest absolute Gasteiger partial charge is 0.282 e. The molecule has 2 heterocycles. The van der Waals surface area contributed by atoms with E-state index in [-0.39, 0.29) is 5.56 Å². The first-order valence-electron chi connectivity index (χ1n) is 9.77. The summed E-state index contributed by atoms with van der Waals surface area (Å²) in [5.74, 6) is 1.68. The predicted molar refractivity (Wildman–Crippen MR) is 121 cm³/mol. The highest BCUT2D eigenvalue weighted by molar-refractivity contribution is 6.30. The van der Waals surface area contributed by atoms with Gasteiger partial charge in [0.25, 0.3) is 5.56 Å². The third-order valence-corrected chi connectivity index (χ3v) is 5.26. The molecule has 0 aliphatic rings. The Morgan fingerprint density at radius 2 is 1.93 bits per heavy atom. The maximum Gasteiger partial charge on any atom is 0.282 e. The molecule has 0 spiro atoms. The van der Waals surface area contributed by atoms with Gasteiger partial charge in [-0.3, -0.25) is 9.89 Å². The fourth-order valence-electron chi connectivity index (χ4n) is 3.50. The Bertz CT molecular complexity index is 1280. The maximum absolute atomic E-state index is 13.4. The maximum atomic E-state index is 13.4. The number of fused-ring (bicyclic) bond motifs is 3. The van der Waals surface area contributed by atoms with Gasteiger partial charge >= 0.3 is 0 Å². The van der Waals surface area contributed by atoms with Crippen molar-refractivity contribution in [3.05, 3.63) is 51.8 Å². The molecule has 156 valence electrons. The Kier molecular flexibility index (Phi) is 5.55. The highest BCUT2D eigenvalue weighted by Gasteiger charge is 2.19. The Hall–Kier alpha value is -3.19. The van der Waals surface area contributed by atoms with E-state index in [2.05, 4.69) is 17.3 Å². The topological polar surface area (TPSA) is 81.2 Å². The van der Waals surface area contributed by atoms with Crippen LogP contribution in [0.5, 0.6) is 11.5 Å². The van der Waals surface area contributed by atoms with Crippen molar-refractivity contribution in [3.63, 3.8) is 0 Å². The average Bonchev–Trinajstić information content (AvgIpc) is 3.10. The Morgan fingerprint density at radius 3 is 2.63 bits per heavy atom. The van der Waals surface area contributed by atoms with Gasteiger partial charge in [0.2, 0.25) is 0 Å². The second kappa shape index (κ2) is 8.28. The van der Waals surface area contributed by atoms with Gasteiger partial charge in [0.15, 0.2) is 11.5 Å². The molecule has 30 heavy (non-hydrogen) atoms. The fourth-order valence-corrected chi connectivity index (χ4v) is 3.68. The highest BCUT2D eigenvalue weighted by Crippen LogP contribution is 2.35. The summed E-state index contributed by atoms with van der Waals surface area (Å²) >= 11 is 6.15. The van der Waals surface area contributed by atoms with E-state index in [1.165, 1.54) is 4.68 Å². The van der Waals surface area contributed by atoms with Crippen molar-refractivity contribution in [2.75, 3.05) is 26.1 Å². The summed E-state index contributed by atoms with van der Waals surface area (Å²) in [5.41, 5.74) is 1.82. The van der Waals surface area contributed by atoms with Crippen LogP contribution in [0.15, 0.2) is 41.2 Å². The van der Waals surface area contributed by atoms with E-state index in [0.29, 0.717) is 44.4 Å². The third-order valence-electron chi connectivity index (χ3n) is 5.02. The van der Waals surface area contributed by atoms with Crippen molar-refractivity contribution >= 4 is 39.2 Å². The first-order chi connectivity index (χ1) is 14.6. The molecule has 0 amide bonds. The second-order valence-corrected chi connectivity index (χ2v) is 7.38. The number of hydrogen-bond acceptors (Lipinski definition) is 5. The summed E-state index contributed by atoms with van der Waals surface area (Å²) < 4.78 is 12.4. The van der Waals surface area contributed by atoms with Crippen molar-refractivity contribution in [2.45, 2.75) is 19.8 Å². The molecule has 0 bridgehead atoms. The van der Waals surface area contributed by atoms with Crippen LogP contribution < -0.4 is 20.3 Å². The number of aromatic amines is 1. The van der Waals surface area contributed by atoms with E-state index in [1.807, 2.05) is 18.2 Å². The normalized spacial score (nSPS) is 11.2. The highest BCUT2D eigenvalue weighted by atomic mass is 35.5. The van der Waals surface area contributed by atoms with Crippen LogP contribution in [-0.2, 0) is 0 Å². The molecule has 0 saturated heterocycles. The van der Waals surface area contributed by atoms with E-state index < -0.39 is 0 Å². The summed E-state index contributed by atoms with van der Waals surface area (Å²) in [6.07, 6.45) is 2.01. The minimum absolute atomic E-state index is 0.199. The van der Waals surface area contributed by atoms with E-state index in [9.17, 15) is 4.79 Å². The molecule has 2 aromatic heterocycles. The number of aromatic nitrogens is 3. The number of ether oxygens (including phenoxy) is 2. The summed E-state index contributed by atoms with van der Waals surface area (Å²) in [6, 6.07) is 10.8. The van der Waals surface area contributed by atoms with Crippen LogP contribution in [0.2, 0.25) is 5.02 Å². The standard InChI is InChI=1S/C22H23ClN4O3/c1-4-5-9-24-21-19-20(15-11-17(29-2)18(30-3)12-16(15)25-21)26-27(22(19)28)14-8-6-7-13(23)10-14/h6-8,10-12,26H,4-5,9H2,1-3H3,(H,24,25). The molecule has 7 nitrogen and oxygen atoms in total. The fraction of sp³-hybridized carbons (Fsp3) is 0.273.